The SMILES string of the molecule is CC(Sc1cc(Cl)ccc1Cl)C(=O)N(C)CCC(F)(F)F. The van der Waals surface area contributed by atoms with Gasteiger partial charge in [-0.3, -0.25) is 4.79 Å². The van der Waals surface area contributed by atoms with Crippen LogP contribution in [0.1, 0.15) is 13.3 Å². The monoisotopic (exact) mass is 359 g/mol. The fraction of sp³-hybridized carbons (Fsp3) is 0.462. The van der Waals surface area contributed by atoms with E-state index in [-0.39, 0.29) is 12.5 Å². The highest BCUT2D eigenvalue weighted by Gasteiger charge is 2.29. The largest absolute Gasteiger partial charge is 0.390 e. The number of thioether (sulfide) groups is 1. The minimum absolute atomic E-state index is 0.365. The molecule has 1 aromatic carbocycles. The van der Waals surface area contributed by atoms with Gasteiger partial charge in [0, 0.05) is 23.5 Å². The summed E-state index contributed by atoms with van der Waals surface area (Å²) in [4.78, 5) is 13.7. The fourth-order valence-corrected chi connectivity index (χ4v) is 3.05. The van der Waals surface area contributed by atoms with Crippen molar-refractivity contribution >= 4 is 40.9 Å². The second-order valence-electron chi connectivity index (χ2n) is 4.46. The lowest BCUT2D eigenvalue weighted by atomic mass is 10.3. The molecule has 118 valence electrons. The van der Waals surface area contributed by atoms with Crippen molar-refractivity contribution in [3.05, 3.63) is 28.2 Å². The zero-order valence-corrected chi connectivity index (χ0v) is 13.7. The minimum Gasteiger partial charge on any atom is -0.344 e. The maximum atomic E-state index is 12.1. The van der Waals surface area contributed by atoms with Gasteiger partial charge in [-0.2, -0.15) is 13.2 Å². The van der Waals surface area contributed by atoms with E-state index >= 15 is 0 Å². The Hall–Kier alpha value is -0.590. The summed E-state index contributed by atoms with van der Waals surface area (Å²) in [5, 5.41) is 0.369. The molecule has 0 spiro atoms. The number of carbonyl (C=O) groups is 1. The van der Waals surface area contributed by atoms with Gasteiger partial charge in [-0.25, -0.2) is 0 Å². The van der Waals surface area contributed by atoms with Crippen molar-refractivity contribution in [1.29, 1.82) is 0 Å². The Bertz CT molecular complexity index is 511. The lowest BCUT2D eigenvalue weighted by molar-refractivity contribution is -0.143. The topological polar surface area (TPSA) is 20.3 Å². The normalized spacial score (nSPS) is 13.1. The fourth-order valence-electron chi connectivity index (χ4n) is 1.52. The van der Waals surface area contributed by atoms with Crippen molar-refractivity contribution in [1.82, 2.24) is 4.90 Å². The van der Waals surface area contributed by atoms with E-state index in [9.17, 15) is 18.0 Å². The number of benzene rings is 1. The third kappa shape index (κ3) is 6.36. The van der Waals surface area contributed by atoms with Gasteiger partial charge in [-0.1, -0.05) is 23.2 Å². The van der Waals surface area contributed by atoms with E-state index in [0.717, 1.165) is 4.90 Å². The lowest BCUT2D eigenvalue weighted by Crippen LogP contribution is -2.35. The van der Waals surface area contributed by atoms with Crippen molar-refractivity contribution in [2.75, 3.05) is 13.6 Å². The molecule has 0 heterocycles. The molecule has 1 aromatic rings. The van der Waals surface area contributed by atoms with Gasteiger partial charge in [-0.05, 0) is 25.1 Å². The van der Waals surface area contributed by atoms with E-state index in [1.807, 2.05) is 0 Å². The Morgan fingerprint density at radius 1 is 1.38 bits per heavy atom. The molecule has 21 heavy (non-hydrogen) atoms. The number of carbonyl (C=O) groups excluding carboxylic acids is 1. The van der Waals surface area contributed by atoms with Crippen LogP contribution in [0.2, 0.25) is 10.0 Å². The summed E-state index contributed by atoms with van der Waals surface area (Å²) >= 11 is 13.0. The van der Waals surface area contributed by atoms with E-state index in [1.54, 1.807) is 25.1 Å². The van der Waals surface area contributed by atoms with Crippen molar-refractivity contribution in [3.8, 4) is 0 Å². The van der Waals surface area contributed by atoms with Crippen molar-refractivity contribution in [2.24, 2.45) is 0 Å². The third-order valence-electron chi connectivity index (χ3n) is 2.65. The van der Waals surface area contributed by atoms with Crippen molar-refractivity contribution < 1.29 is 18.0 Å². The van der Waals surface area contributed by atoms with E-state index in [1.165, 1.54) is 18.8 Å². The van der Waals surface area contributed by atoms with Crippen LogP contribution in [-0.4, -0.2) is 35.8 Å². The molecular formula is C13H14Cl2F3NOS. The number of nitrogens with zero attached hydrogens (tertiary/aromatic N) is 1. The van der Waals surface area contributed by atoms with Crippen molar-refractivity contribution in [2.45, 2.75) is 29.7 Å². The van der Waals surface area contributed by atoms with Crippen LogP contribution in [0.3, 0.4) is 0 Å². The summed E-state index contributed by atoms with van der Waals surface area (Å²) < 4.78 is 36.4. The van der Waals surface area contributed by atoms with Crippen molar-refractivity contribution in [3.63, 3.8) is 0 Å². The number of rotatable bonds is 5. The first-order valence-corrected chi connectivity index (χ1v) is 7.67. The van der Waals surface area contributed by atoms with Gasteiger partial charge in [0.15, 0.2) is 0 Å². The molecule has 0 bridgehead atoms. The molecule has 8 heteroatoms. The predicted octanol–water partition coefficient (Wildman–Crippen LogP) is 4.88. The van der Waals surface area contributed by atoms with Gasteiger partial charge in [-0.15, -0.1) is 11.8 Å². The van der Waals surface area contributed by atoms with Crippen LogP contribution in [0.25, 0.3) is 0 Å². The van der Waals surface area contributed by atoms with Crippen LogP contribution < -0.4 is 0 Å². The molecule has 1 rings (SSSR count). The molecule has 0 N–H and O–H groups in total. The number of hydrogen-bond donors (Lipinski definition) is 0. The van der Waals surface area contributed by atoms with Crippen LogP contribution in [0.4, 0.5) is 13.2 Å². The highest BCUT2D eigenvalue weighted by Crippen LogP contribution is 2.33. The molecule has 2 nitrogen and oxygen atoms in total. The average molecular weight is 360 g/mol. The molecule has 0 aliphatic heterocycles. The zero-order chi connectivity index (χ0) is 16.2. The van der Waals surface area contributed by atoms with Gasteiger partial charge in [0.25, 0.3) is 0 Å². The summed E-state index contributed by atoms with van der Waals surface area (Å²) in [6.45, 7) is 1.25. The molecule has 0 saturated carbocycles. The smallest absolute Gasteiger partial charge is 0.344 e. The number of amides is 1. The van der Waals surface area contributed by atoms with Gasteiger partial charge in [0.2, 0.25) is 5.91 Å². The van der Waals surface area contributed by atoms with E-state index in [0.29, 0.717) is 14.9 Å². The summed E-state index contributed by atoms with van der Waals surface area (Å²) in [6, 6.07) is 4.85. The Morgan fingerprint density at radius 2 is 2.00 bits per heavy atom. The van der Waals surface area contributed by atoms with Gasteiger partial charge >= 0.3 is 6.18 Å². The van der Waals surface area contributed by atoms with E-state index in [2.05, 4.69) is 0 Å². The first-order valence-electron chi connectivity index (χ1n) is 6.03. The molecule has 0 fully saturated rings. The van der Waals surface area contributed by atoms with Crippen LogP contribution in [-0.2, 0) is 4.79 Å². The van der Waals surface area contributed by atoms with E-state index in [4.69, 9.17) is 23.2 Å². The standard InChI is InChI=1S/C13H14Cl2F3NOS/c1-8(12(20)19(2)6-5-13(16,17)18)21-11-7-9(14)3-4-10(11)15/h3-4,7-8H,5-6H2,1-2H3. The number of hydrogen-bond acceptors (Lipinski definition) is 2. The maximum Gasteiger partial charge on any atom is 0.390 e. The first-order chi connectivity index (χ1) is 9.60. The van der Waals surface area contributed by atoms with Crippen LogP contribution in [0, 0.1) is 0 Å². The average Bonchev–Trinajstić information content (AvgIpc) is 2.38. The summed E-state index contributed by atoms with van der Waals surface area (Å²) in [6.07, 6.45) is -5.30. The summed E-state index contributed by atoms with van der Waals surface area (Å²) in [7, 11) is 1.35. The second-order valence-corrected chi connectivity index (χ2v) is 6.69. The zero-order valence-electron chi connectivity index (χ0n) is 11.4. The van der Waals surface area contributed by atoms with Crippen LogP contribution in [0.15, 0.2) is 23.1 Å². The molecule has 0 aliphatic carbocycles. The molecular weight excluding hydrogens is 346 g/mol. The second kappa shape index (κ2) is 7.61. The van der Waals surface area contributed by atoms with Gasteiger partial charge in [0.05, 0.1) is 16.7 Å². The molecule has 0 radical (unpaired) electrons. The minimum atomic E-state index is -4.28. The summed E-state index contributed by atoms with van der Waals surface area (Å²) in [5.74, 6) is -0.389. The van der Waals surface area contributed by atoms with Gasteiger partial charge in [0.1, 0.15) is 0 Å². The number of halogens is 5. The molecule has 1 atom stereocenters. The maximum absolute atomic E-state index is 12.1. The Morgan fingerprint density at radius 3 is 2.57 bits per heavy atom. The van der Waals surface area contributed by atoms with Crippen LogP contribution >= 0.6 is 35.0 Å². The first kappa shape index (κ1) is 18.5. The Balaban J connectivity index is 2.64. The molecule has 1 unspecified atom stereocenters. The highest BCUT2D eigenvalue weighted by atomic mass is 35.5. The van der Waals surface area contributed by atoms with Gasteiger partial charge < -0.3 is 4.90 Å². The quantitative estimate of drug-likeness (QED) is 0.698. The molecule has 0 aromatic heterocycles. The Kier molecular flexibility index (Phi) is 6.69. The van der Waals surface area contributed by atoms with E-state index < -0.39 is 17.8 Å². The third-order valence-corrected chi connectivity index (χ3v) is 4.48. The molecule has 0 saturated heterocycles. The Labute approximate surface area is 135 Å². The lowest BCUT2D eigenvalue weighted by Gasteiger charge is -2.22. The molecule has 0 aliphatic rings. The molecule has 1 amide bonds. The highest BCUT2D eigenvalue weighted by molar-refractivity contribution is 8.00. The predicted molar refractivity (Wildman–Crippen MR) is 80.1 cm³/mol. The summed E-state index contributed by atoms with van der Waals surface area (Å²) in [5.41, 5.74) is 0. The number of alkyl halides is 3. The van der Waals surface area contributed by atoms with Crippen LogP contribution in [0.5, 0.6) is 0 Å².